The number of benzene rings is 1. The summed E-state index contributed by atoms with van der Waals surface area (Å²) in [6, 6.07) is 7.43. The van der Waals surface area contributed by atoms with Crippen LogP contribution < -0.4 is 16.2 Å². The minimum absolute atomic E-state index is 0.0670. The Labute approximate surface area is 109 Å². The fourth-order valence-electron chi connectivity index (χ4n) is 1.61. The molecule has 18 heavy (non-hydrogen) atoms. The maximum Gasteiger partial charge on any atom is 0.191 e. The number of ether oxygens (including phenoxy) is 1. The van der Waals surface area contributed by atoms with Gasteiger partial charge in [0.15, 0.2) is 5.96 Å². The van der Waals surface area contributed by atoms with Crippen LogP contribution in [0.3, 0.4) is 0 Å². The smallest absolute Gasteiger partial charge is 0.191 e. The van der Waals surface area contributed by atoms with Crippen LogP contribution in [0, 0.1) is 5.92 Å². The Morgan fingerprint density at radius 3 is 2.39 bits per heavy atom. The summed E-state index contributed by atoms with van der Waals surface area (Å²) >= 11 is 0. The molecule has 0 bridgehead atoms. The van der Waals surface area contributed by atoms with Crippen LogP contribution in [0.1, 0.15) is 33.1 Å². The van der Waals surface area contributed by atoms with E-state index in [0.29, 0.717) is 0 Å². The molecule has 4 N–H and O–H groups in total. The summed E-state index contributed by atoms with van der Waals surface area (Å²) in [5.74, 6) is 1.69. The third-order valence-electron chi connectivity index (χ3n) is 2.54. The highest BCUT2D eigenvalue weighted by molar-refractivity contribution is 5.78. The number of hydrogen-bond donors (Lipinski definition) is 2. The van der Waals surface area contributed by atoms with Crippen molar-refractivity contribution in [2.75, 3.05) is 6.61 Å². The normalized spacial score (nSPS) is 10.4. The molecule has 0 saturated carbocycles. The van der Waals surface area contributed by atoms with Gasteiger partial charge in [-0.05, 0) is 43.0 Å². The first kappa shape index (κ1) is 14.4. The van der Waals surface area contributed by atoms with Gasteiger partial charge in [0, 0.05) is 0 Å². The first-order chi connectivity index (χ1) is 8.58. The Balaban J connectivity index is 2.29. The Kier molecular flexibility index (Phi) is 6.05. The molecule has 1 aromatic rings. The van der Waals surface area contributed by atoms with E-state index in [1.165, 1.54) is 12.8 Å². The van der Waals surface area contributed by atoms with E-state index >= 15 is 0 Å². The van der Waals surface area contributed by atoms with Crippen molar-refractivity contribution in [3.8, 4) is 5.75 Å². The van der Waals surface area contributed by atoms with Crippen LogP contribution in [0.15, 0.2) is 29.3 Å². The van der Waals surface area contributed by atoms with Crippen LogP contribution >= 0.6 is 0 Å². The van der Waals surface area contributed by atoms with E-state index in [-0.39, 0.29) is 5.96 Å². The fourth-order valence-corrected chi connectivity index (χ4v) is 1.61. The van der Waals surface area contributed by atoms with E-state index < -0.39 is 0 Å². The third-order valence-corrected chi connectivity index (χ3v) is 2.54. The van der Waals surface area contributed by atoms with Gasteiger partial charge in [-0.25, -0.2) is 4.99 Å². The van der Waals surface area contributed by atoms with Crippen LogP contribution in [0.25, 0.3) is 0 Å². The SMILES string of the molecule is CC(C)CCCCOc1ccc(N=C(N)N)cc1. The maximum absolute atomic E-state index is 5.64. The Hall–Kier alpha value is -1.71. The van der Waals surface area contributed by atoms with Crippen molar-refractivity contribution in [3.63, 3.8) is 0 Å². The van der Waals surface area contributed by atoms with Gasteiger partial charge in [-0.15, -0.1) is 0 Å². The number of nitrogens with zero attached hydrogens (tertiary/aromatic N) is 1. The van der Waals surface area contributed by atoms with Crippen LogP contribution in [-0.2, 0) is 0 Å². The molecule has 0 saturated heterocycles. The monoisotopic (exact) mass is 249 g/mol. The lowest BCUT2D eigenvalue weighted by atomic mass is 10.1. The molecule has 1 aromatic carbocycles. The van der Waals surface area contributed by atoms with Gasteiger partial charge >= 0.3 is 0 Å². The van der Waals surface area contributed by atoms with Crippen molar-refractivity contribution in [3.05, 3.63) is 24.3 Å². The molecule has 0 unspecified atom stereocenters. The molecule has 0 heterocycles. The van der Waals surface area contributed by atoms with Gasteiger partial charge < -0.3 is 16.2 Å². The lowest BCUT2D eigenvalue weighted by molar-refractivity contribution is 0.301. The van der Waals surface area contributed by atoms with Crippen molar-refractivity contribution in [1.82, 2.24) is 0 Å². The molecule has 0 spiro atoms. The minimum atomic E-state index is 0.0670. The number of hydrogen-bond acceptors (Lipinski definition) is 2. The lowest BCUT2D eigenvalue weighted by Gasteiger charge is -2.07. The summed E-state index contributed by atoms with van der Waals surface area (Å²) in [6.45, 7) is 5.24. The van der Waals surface area contributed by atoms with Gasteiger partial charge in [0.05, 0.1) is 12.3 Å². The molecule has 0 fully saturated rings. The van der Waals surface area contributed by atoms with Crippen LogP contribution in [0.2, 0.25) is 0 Å². The molecule has 4 heteroatoms. The van der Waals surface area contributed by atoms with E-state index in [9.17, 15) is 0 Å². The molecule has 0 amide bonds. The highest BCUT2D eigenvalue weighted by Crippen LogP contribution is 2.18. The van der Waals surface area contributed by atoms with Gasteiger partial charge in [0.2, 0.25) is 0 Å². The second-order valence-electron chi connectivity index (χ2n) is 4.77. The number of aliphatic imine (C=N–C) groups is 1. The average Bonchev–Trinajstić information content (AvgIpc) is 2.30. The highest BCUT2D eigenvalue weighted by Gasteiger charge is 1.97. The van der Waals surface area contributed by atoms with Crippen molar-refractivity contribution in [2.45, 2.75) is 33.1 Å². The Morgan fingerprint density at radius 2 is 1.83 bits per heavy atom. The second kappa shape index (κ2) is 7.58. The van der Waals surface area contributed by atoms with Crippen LogP contribution in [0.5, 0.6) is 5.75 Å². The zero-order chi connectivity index (χ0) is 13.4. The number of unbranched alkanes of at least 4 members (excludes halogenated alkanes) is 1. The number of rotatable bonds is 7. The van der Waals surface area contributed by atoms with Gasteiger partial charge in [-0.2, -0.15) is 0 Å². The van der Waals surface area contributed by atoms with Crippen LogP contribution in [-0.4, -0.2) is 12.6 Å². The molecule has 0 radical (unpaired) electrons. The average molecular weight is 249 g/mol. The molecular weight excluding hydrogens is 226 g/mol. The van der Waals surface area contributed by atoms with E-state index in [4.69, 9.17) is 16.2 Å². The summed E-state index contributed by atoms with van der Waals surface area (Å²) in [5, 5.41) is 0. The Morgan fingerprint density at radius 1 is 1.17 bits per heavy atom. The molecular formula is C14H23N3O. The van der Waals surface area contributed by atoms with Crippen LogP contribution in [0.4, 0.5) is 5.69 Å². The highest BCUT2D eigenvalue weighted by atomic mass is 16.5. The molecule has 0 aliphatic heterocycles. The molecule has 0 atom stereocenters. The van der Waals surface area contributed by atoms with Gasteiger partial charge in [0.1, 0.15) is 5.75 Å². The quantitative estimate of drug-likeness (QED) is 0.443. The molecule has 0 aliphatic rings. The zero-order valence-electron chi connectivity index (χ0n) is 11.2. The Bertz CT molecular complexity index is 367. The van der Waals surface area contributed by atoms with Crippen molar-refractivity contribution in [2.24, 2.45) is 22.4 Å². The summed E-state index contributed by atoms with van der Waals surface area (Å²) in [7, 11) is 0. The molecule has 1 rings (SSSR count). The maximum atomic E-state index is 5.64. The number of nitrogens with two attached hydrogens (primary N) is 2. The number of guanidine groups is 1. The summed E-state index contributed by atoms with van der Waals surface area (Å²) in [4.78, 5) is 3.95. The largest absolute Gasteiger partial charge is 0.494 e. The third kappa shape index (κ3) is 6.13. The first-order valence-corrected chi connectivity index (χ1v) is 6.40. The molecule has 100 valence electrons. The minimum Gasteiger partial charge on any atom is -0.494 e. The lowest BCUT2D eigenvalue weighted by Crippen LogP contribution is -2.21. The van der Waals surface area contributed by atoms with Gasteiger partial charge in [-0.3, -0.25) is 0 Å². The van der Waals surface area contributed by atoms with Crippen molar-refractivity contribution >= 4 is 11.6 Å². The van der Waals surface area contributed by atoms with Crippen molar-refractivity contribution in [1.29, 1.82) is 0 Å². The van der Waals surface area contributed by atoms with Gasteiger partial charge in [0.25, 0.3) is 0 Å². The van der Waals surface area contributed by atoms with E-state index in [1.807, 2.05) is 24.3 Å². The fraction of sp³-hybridized carbons (Fsp3) is 0.500. The molecule has 0 aromatic heterocycles. The predicted octanol–water partition coefficient (Wildman–Crippen LogP) is 2.80. The summed E-state index contributed by atoms with van der Waals surface area (Å²) in [6.07, 6.45) is 3.56. The van der Waals surface area contributed by atoms with E-state index in [2.05, 4.69) is 18.8 Å². The molecule has 0 aliphatic carbocycles. The standard InChI is InChI=1S/C14H23N3O/c1-11(2)5-3-4-10-18-13-8-6-12(7-9-13)17-14(15)16/h6-9,11H,3-5,10H2,1-2H3,(H4,15,16,17). The topological polar surface area (TPSA) is 73.6 Å². The second-order valence-corrected chi connectivity index (χ2v) is 4.77. The van der Waals surface area contributed by atoms with E-state index in [0.717, 1.165) is 30.4 Å². The van der Waals surface area contributed by atoms with Gasteiger partial charge in [-0.1, -0.05) is 20.3 Å². The van der Waals surface area contributed by atoms with Crippen molar-refractivity contribution < 1.29 is 4.74 Å². The zero-order valence-corrected chi connectivity index (χ0v) is 11.2. The molecule has 4 nitrogen and oxygen atoms in total. The summed E-state index contributed by atoms with van der Waals surface area (Å²) < 4.78 is 5.64. The first-order valence-electron chi connectivity index (χ1n) is 6.40. The summed E-state index contributed by atoms with van der Waals surface area (Å²) in [5.41, 5.74) is 11.3. The predicted molar refractivity (Wildman–Crippen MR) is 76.1 cm³/mol. The van der Waals surface area contributed by atoms with E-state index in [1.54, 1.807) is 0 Å².